The smallest absolute Gasteiger partial charge is 0.344 e. The van der Waals surface area contributed by atoms with Crippen LogP contribution in [0, 0.1) is 11.3 Å². The summed E-state index contributed by atoms with van der Waals surface area (Å²) in [4.78, 5) is 11.9. The molecule has 1 unspecified atom stereocenters. The van der Waals surface area contributed by atoms with Crippen LogP contribution in [0.1, 0.15) is 24.0 Å². The van der Waals surface area contributed by atoms with Crippen molar-refractivity contribution < 1.29 is 4.74 Å². The van der Waals surface area contributed by atoms with E-state index in [1.165, 1.54) is 11.8 Å². The third-order valence-corrected chi connectivity index (χ3v) is 4.65. The van der Waals surface area contributed by atoms with Crippen molar-refractivity contribution in [2.24, 2.45) is 0 Å². The Hall–Kier alpha value is -2.04. The first-order valence-electron chi connectivity index (χ1n) is 7.15. The predicted molar refractivity (Wildman–Crippen MR) is 82.5 cm³/mol. The summed E-state index contributed by atoms with van der Waals surface area (Å²) in [6, 6.07) is 9.63. The third kappa shape index (κ3) is 3.24. The number of thioether (sulfide) groups is 1. The van der Waals surface area contributed by atoms with E-state index in [0.717, 1.165) is 25.0 Å². The fourth-order valence-corrected chi connectivity index (χ4v) is 3.42. The number of nitrogens with one attached hydrogen (secondary N) is 1. The number of hydrogen-bond donors (Lipinski definition) is 1. The fraction of sp³-hybridized carbons (Fsp3) is 0.400. The second-order valence-electron chi connectivity index (χ2n) is 5.11. The Morgan fingerprint density at radius 2 is 2.36 bits per heavy atom. The zero-order valence-electron chi connectivity index (χ0n) is 12.0. The highest BCUT2D eigenvalue weighted by Gasteiger charge is 2.19. The van der Waals surface area contributed by atoms with Crippen molar-refractivity contribution in [1.29, 1.82) is 5.26 Å². The Kier molecular flexibility index (Phi) is 4.61. The van der Waals surface area contributed by atoms with Crippen LogP contribution < -0.4 is 5.69 Å². The number of ether oxygens (including phenoxy) is 1. The van der Waals surface area contributed by atoms with Gasteiger partial charge >= 0.3 is 5.69 Å². The predicted octanol–water partition coefficient (Wildman–Crippen LogP) is 1.91. The van der Waals surface area contributed by atoms with Crippen LogP contribution in [-0.2, 0) is 17.0 Å². The first kappa shape index (κ1) is 14.9. The summed E-state index contributed by atoms with van der Waals surface area (Å²) in [6.07, 6.45) is 2.09. The maximum absolute atomic E-state index is 11.9. The molecule has 1 aromatic heterocycles. The van der Waals surface area contributed by atoms with Crippen LogP contribution in [0.25, 0.3) is 0 Å². The van der Waals surface area contributed by atoms with Gasteiger partial charge in [0, 0.05) is 12.4 Å². The van der Waals surface area contributed by atoms with Gasteiger partial charge in [0.1, 0.15) is 0 Å². The number of aromatic amines is 1. The molecule has 2 heterocycles. The SMILES string of the molecule is N#Cc1ccccc1CSc1n[nH]c(=O)n1CC1CCCO1. The van der Waals surface area contributed by atoms with Gasteiger partial charge in [-0.2, -0.15) is 5.26 Å². The lowest BCUT2D eigenvalue weighted by Crippen LogP contribution is -2.24. The Labute approximate surface area is 132 Å². The van der Waals surface area contributed by atoms with Gasteiger partial charge in [0.25, 0.3) is 0 Å². The van der Waals surface area contributed by atoms with Crippen LogP contribution >= 0.6 is 11.8 Å². The molecule has 1 saturated heterocycles. The molecule has 1 atom stereocenters. The molecule has 0 aliphatic carbocycles. The number of aromatic nitrogens is 3. The molecule has 2 aromatic rings. The molecule has 1 N–H and O–H groups in total. The van der Waals surface area contributed by atoms with E-state index in [2.05, 4.69) is 16.3 Å². The lowest BCUT2D eigenvalue weighted by atomic mass is 10.1. The molecule has 114 valence electrons. The molecule has 0 spiro atoms. The van der Waals surface area contributed by atoms with Crippen molar-refractivity contribution in [2.45, 2.75) is 36.4 Å². The first-order valence-corrected chi connectivity index (χ1v) is 8.14. The number of benzene rings is 1. The zero-order valence-corrected chi connectivity index (χ0v) is 12.8. The van der Waals surface area contributed by atoms with Gasteiger partial charge in [-0.1, -0.05) is 30.0 Å². The molecular weight excluding hydrogens is 300 g/mol. The molecular formula is C15H16N4O2S. The number of rotatable bonds is 5. The van der Waals surface area contributed by atoms with Crippen LogP contribution in [0.3, 0.4) is 0 Å². The molecule has 6 nitrogen and oxygen atoms in total. The minimum Gasteiger partial charge on any atom is -0.376 e. The van der Waals surface area contributed by atoms with Crippen LogP contribution in [0.15, 0.2) is 34.2 Å². The number of nitriles is 1. The summed E-state index contributed by atoms with van der Waals surface area (Å²) in [5.41, 5.74) is 1.37. The monoisotopic (exact) mass is 316 g/mol. The Bertz CT molecular complexity index is 740. The molecule has 7 heteroatoms. The van der Waals surface area contributed by atoms with E-state index in [4.69, 9.17) is 10.00 Å². The number of nitrogens with zero attached hydrogens (tertiary/aromatic N) is 3. The largest absolute Gasteiger partial charge is 0.376 e. The van der Waals surface area contributed by atoms with E-state index in [1.54, 1.807) is 10.6 Å². The Morgan fingerprint density at radius 1 is 1.50 bits per heavy atom. The van der Waals surface area contributed by atoms with Crippen molar-refractivity contribution >= 4 is 11.8 Å². The topological polar surface area (TPSA) is 83.7 Å². The van der Waals surface area contributed by atoms with Crippen molar-refractivity contribution in [3.63, 3.8) is 0 Å². The molecule has 0 radical (unpaired) electrons. The van der Waals surface area contributed by atoms with E-state index in [-0.39, 0.29) is 11.8 Å². The Balaban J connectivity index is 1.73. The van der Waals surface area contributed by atoms with Gasteiger partial charge in [-0.3, -0.25) is 4.57 Å². The molecule has 0 saturated carbocycles. The standard InChI is InChI=1S/C15H16N4O2S/c16-8-11-4-1-2-5-12(11)10-22-15-18-17-14(20)19(15)9-13-6-3-7-21-13/h1-2,4-5,13H,3,6-7,9-10H2,(H,17,20). The van der Waals surface area contributed by atoms with Crippen molar-refractivity contribution in [2.75, 3.05) is 6.61 Å². The van der Waals surface area contributed by atoms with Gasteiger partial charge in [-0.25, -0.2) is 9.89 Å². The summed E-state index contributed by atoms with van der Waals surface area (Å²) >= 11 is 1.45. The fourth-order valence-electron chi connectivity index (χ4n) is 2.46. The van der Waals surface area contributed by atoms with E-state index in [0.29, 0.717) is 23.0 Å². The maximum Gasteiger partial charge on any atom is 0.344 e. The van der Waals surface area contributed by atoms with Crippen molar-refractivity contribution in [3.05, 3.63) is 45.9 Å². The van der Waals surface area contributed by atoms with Crippen LogP contribution in [0.4, 0.5) is 0 Å². The molecule has 3 rings (SSSR count). The highest BCUT2D eigenvalue weighted by molar-refractivity contribution is 7.98. The third-order valence-electron chi connectivity index (χ3n) is 3.63. The van der Waals surface area contributed by atoms with Gasteiger partial charge in [-0.15, -0.1) is 5.10 Å². The molecule has 1 fully saturated rings. The molecule has 0 bridgehead atoms. The van der Waals surface area contributed by atoms with Crippen LogP contribution in [-0.4, -0.2) is 27.5 Å². The van der Waals surface area contributed by atoms with Gasteiger partial charge in [-0.05, 0) is 24.5 Å². The lowest BCUT2D eigenvalue weighted by molar-refractivity contribution is 0.0941. The Morgan fingerprint density at radius 3 is 3.14 bits per heavy atom. The summed E-state index contributed by atoms with van der Waals surface area (Å²) < 4.78 is 7.20. The van der Waals surface area contributed by atoms with Crippen molar-refractivity contribution in [1.82, 2.24) is 14.8 Å². The second-order valence-corrected chi connectivity index (χ2v) is 6.06. The number of H-pyrrole nitrogens is 1. The number of hydrogen-bond acceptors (Lipinski definition) is 5. The summed E-state index contributed by atoms with van der Waals surface area (Å²) in [5, 5.41) is 16.3. The quantitative estimate of drug-likeness (QED) is 0.852. The maximum atomic E-state index is 11.9. The lowest BCUT2D eigenvalue weighted by Gasteiger charge is -2.11. The minimum absolute atomic E-state index is 0.0843. The normalized spacial score (nSPS) is 17.5. The van der Waals surface area contributed by atoms with Crippen LogP contribution in [0.5, 0.6) is 0 Å². The van der Waals surface area contributed by atoms with E-state index in [1.807, 2.05) is 18.2 Å². The second kappa shape index (κ2) is 6.81. The van der Waals surface area contributed by atoms with Gasteiger partial charge < -0.3 is 4.74 Å². The zero-order chi connectivity index (χ0) is 15.4. The van der Waals surface area contributed by atoms with Crippen molar-refractivity contribution in [3.8, 4) is 6.07 Å². The summed E-state index contributed by atoms with van der Waals surface area (Å²) in [5.74, 6) is 0.597. The molecule has 1 aliphatic rings. The van der Waals surface area contributed by atoms with Gasteiger partial charge in [0.2, 0.25) is 0 Å². The molecule has 1 aliphatic heterocycles. The summed E-state index contributed by atoms with van der Waals surface area (Å²) in [7, 11) is 0. The average molecular weight is 316 g/mol. The molecule has 1 aromatic carbocycles. The highest BCUT2D eigenvalue weighted by Crippen LogP contribution is 2.23. The van der Waals surface area contributed by atoms with E-state index >= 15 is 0 Å². The van der Waals surface area contributed by atoms with Crippen LogP contribution in [0.2, 0.25) is 0 Å². The average Bonchev–Trinajstić information content (AvgIpc) is 3.17. The van der Waals surface area contributed by atoms with Gasteiger partial charge in [0.05, 0.1) is 24.3 Å². The molecule has 0 amide bonds. The van der Waals surface area contributed by atoms with Gasteiger partial charge in [0.15, 0.2) is 5.16 Å². The first-order chi connectivity index (χ1) is 10.8. The van der Waals surface area contributed by atoms with E-state index in [9.17, 15) is 4.79 Å². The summed E-state index contributed by atoms with van der Waals surface area (Å²) in [6.45, 7) is 1.28. The molecule has 22 heavy (non-hydrogen) atoms. The highest BCUT2D eigenvalue weighted by atomic mass is 32.2. The van der Waals surface area contributed by atoms with E-state index < -0.39 is 0 Å². The minimum atomic E-state index is -0.216.